The van der Waals surface area contributed by atoms with Crippen molar-refractivity contribution in [3.05, 3.63) is 65.7 Å². The van der Waals surface area contributed by atoms with E-state index in [1.807, 2.05) is 54.6 Å². The molecular formula is C16H12NOS2-. The number of hydrogen-bond donors (Lipinski definition) is 1. The molecule has 0 saturated carbocycles. The van der Waals surface area contributed by atoms with E-state index in [0.29, 0.717) is 16.3 Å². The van der Waals surface area contributed by atoms with Gasteiger partial charge in [-0.05, 0) is 29.3 Å². The van der Waals surface area contributed by atoms with Crippen molar-refractivity contribution in [3.8, 4) is 0 Å². The average Bonchev–Trinajstić information content (AvgIpc) is 2.49. The third kappa shape index (κ3) is 2.57. The first-order valence-electron chi connectivity index (χ1n) is 6.24. The third-order valence-electron chi connectivity index (χ3n) is 3.08. The molecule has 1 aliphatic heterocycles. The van der Waals surface area contributed by atoms with E-state index in [2.05, 4.69) is 5.32 Å². The van der Waals surface area contributed by atoms with Gasteiger partial charge in [0, 0.05) is 16.3 Å². The molecule has 1 aliphatic rings. The number of anilines is 1. The van der Waals surface area contributed by atoms with E-state index >= 15 is 0 Å². The molecule has 1 heterocycles. The molecule has 1 N–H and O–H groups in total. The minimum Gasteiger partial charge on any atom is -0.872 e. The van der Waals surface area contributed by atoms with Gasteiger partial charge in [-0.15, -0.1) is 11.8 Å². The van der Waals surface area contributed by atoms with Crippen molar-refractivity contribution in [2.75, 3.05) is 11.1 Å². The number of benzene rings is 2. The number of thiocarbonyl (C=S) groups is 1. The van der Waals surface area contributed by atoms with Gasteiger partial charge in [0.2, 0.25) is 0 Å². The van der Waals surface area contributed by atoms with Crippen LogP contribution in [0.3, 0.4) is 0 Å². The minimum atomic E-state index is 0.0350. The Bertz CT molecular complexity index is 680. The van der Waals surface area contributed by atoms with Crippen LogP contribution in [-0.2, 0) is 0 Å². The molecule has 4 heteroatoms. The fraction of sp³-hybridized carbons (Fsp3) is 0.0625. The summed E-state index contributed by atoms with van der Waals surface area (Å²) in [5.74, 6) is 0.655. The van der Waals surface area contributed by atoms with E-state index in [4.69, 9.17) is 12.2 Å². The molecule has 100 valence electrons. The molecule has 2 nitrogen and oxygen atoms in total. The number of rotatable bonds is 2. The number of hydrogen-bond acceptors (Lipinski definition) is 3. The van der Waals surface area contributed by atoms with Crippen LogP contribution >= 0.6 is 24.0 Å². The van der Waals surface area contributed by atoms with Crippen LogP contribution in [0.15, 0.2) is 65.1 Å². The summed E-state index contributed by atoms with van der Waals surface area (Å²) >= 11 is 7.03. The Balaban J connectivity index is 1.89. The van der Waals surface area contributed by atoms with Gasteiger partial charge in [0.15, 0.2) is 0 Å². The Morgan fingerprint density at radius 3 is 2.55 bits per heavy atom. The first kappa shape index (κ1) is 13.2. The number of nitrogens with one attached hydrogen (secondary N) is 1. The molecule has 2 aromatic rings. The van der Waals surface area contributed by atoms with Crippen LogP contribution in [0.25, 0.3) is 5.76 Å². The van der Waals surface area contributed by atoms with E-state index < -0.39 is 0 Å². The smallest absolute Gasteiger partial charge is 0.107 e. The molecule has 0 spiro atoms. The highest BCUT2D eigenvalue weighted by Crippen LogP contribution is 2.35. The quantitative estimate of drug-likeness (QED) is 0.863. The number of para-hydroxylation sites is 1. The zero-order valence-corrected chi connectivity index (χ0v) is 12.3. The molecule has 0 atom stereocenters. The van der Waals surface area contributed by atoms with E-state index in [9.17, 15) is 5.11 Å². The zero-order chi connectivity index (χ0) is 13.9. The summed E-state index contributed by atoms with van der Waals surface area (Å²) in [5, 5.41) is 15.6. The number of thioether (sulfide) groups is 1. The van der Waals surface area contributed by atoms with Crippen molar-refractivity contribution in [3.63, 3.8) is 0 Å². The topological polar surface area (TPSA) is 35.1 Å². The van der Waals surface area contributed by atoms with Gasteiger partial charge in [0.05, 0.1) is 0 Å². The molecule has 20 heavy (non-hydrogen) atoms. The summed E-state index contributed by atoms with van der Waals surface area (Å²) in [7, 11) is 0. The molecular weight excluding hydrogens is 286 g/mol. The Morgan fingerprint density at radius 1 is 1.05 bits per heavy atom. The molecule has 0 radical (unpaired) electrons. The normalized spacial score (nSPS) is 13.8. The molecule has 0 bridgehead atoms. The van der Waals surface area contributed by atoms with Crippen molar-refractivity contribution in [2.24, 2.45) is 0 Å². The van der Waals surface area contributed by atoms with Crippen molar-refractivity contribution in [2.45, 2.75) is 4.90 Å². The predicted octanol–water partition coefficient (Wildman–Crippen LogP) is 3.30. The summed E-state index contributed by atoms with van der Waals surface area (Å²) < 4.78 is 0. The minimum absolute atomic E-state index is 0.0350. The van der Waals surface area contributed by atoms with Crippen LogP contribution < -0.4 is 10.4 Å². The summed E-state index contributed by atoms with van der Waals surface area (Å²) in [6, 6.07) is 17.3. The second-order valence-corrected chi connectivity index (χ2v) is 5.84. The van der Waals surface area contributed by atoms with Gasteiger partial charge in [0.1, 0.15) is 4.99 Å². The van der Waals surface area contributed by atoms with Gasteiger partial charge in [-0.3, -0.25) is 0 Å². The fourth-order valence-electron chi connectivity index (χ4n) is 2.05. The van der Waals surface area contributed by atoms with Gasteiger partial charge in [-0.1, -0.05) is 54.4 Å². The van der Waals surface area contributed by atoms with Gasteiger partial charge in [-0.25, -0.2) is 0 Å². The summed E-state index contributed by atoms with van der Waals surface area (Å²) in [6.07, 6.45) is 0. The summed E-state index contributed by atoms with van der Waals surface area (Å²) in [4.78, 5) is 1.55. The SMILES string of the molecule is [O-]C1=C(C(=S)Nc2ccccc2)CSc2ccccc21. The standard InChI is InChI=1S/C16H13NOS2/c18-15-12-8-4-5-9-14(12)20-10-13(15)16(19)17-11-6-2-1-3-7-11/h1-9,18H,10H2,(H,17,19)/p-1. The Morgan fingerprint density at radius 2 is 1.75 bits per heavy atom. The highest BCUT2D eigenvalue weighted by atomic mass is 32.2. The van der Waals surface area contributed by atoms with Crippen molar-refractivity contribution in [1.82, 2.24) is 0 Å². The van der Waals surface area contributed by atoms with Crippen LogP contribution in [0, 0.1) is 0 Å². The molecule has 0 saturated heterocycles. The lowest BCUT2D eigenvalue weighted by Gasteiger charge is -2.27. The van der Waals surface area contributed by atoms with E-state index in [1.165, 1.54) is 0 Å². The molecule has 0 unspecified atom stereocenters. The highest BCUT2D eigenvalue weighted by molar-refractivity contribution is 7.99. The average molecular weight is 298 g/mol. The summed E-state index contributed by atoms with van der Waals surface area (Å²) in [6.45, 7) is 0. The maximum Gasteiger partial charge on any atom is 0.107 e. The lowest BCUT2D eigenvalue weighted by atomic mass is 10.1. The highest BCUT2D eigenvalue weighted by Gasteiger charge is 2.16. The van der Waals surface area contributed by atoms with Gasteiger partial charge >= 0.3 is 0 Å². The maximum atomic E-state index is 12.5. The summed E-state index contributed by atoms with van der Waals surface area (Å²) in [5.41, 5.74) is 2.32. The van der Waals surface area contributed by atoms with E-state index in [0.717, 1.165) is 16.1 Å². The van der Waals surface area contributed by atoms with Crippen LogP contribution in [0.5, 0.6) is 0 Å². The van der Waals surface area contributed by atoms with Crippen LogP contribution in [0.4, 0.5) is 5.69 Å². The largest absolute Gasteiger partial charge is 0.872 e. The first-order valence-corrected chi connectivity index (χ1v) is 7.64. The van der Waals surface area contributed by atoms with E-state index in [-0.39, 0.29) is 5.76 Å². The Kier molecular flexibility index (Phi) is 3.76. The number of fused-ring (bicyclic) bond motifs is 1. The fourth-order valence-corrected chi connectivity index (χ4v) is 3.50. The third-order valence-corrected chi connectivity index (χ3v) is 4.53. The molecule has 0 aromatic heterocycles. The predicted molar refractivity (Wildman–Crippen MR) is 86.7 cm³/mol. The molecule has 0 amide bonds. The van der Waals surface area contributed by atoms with Crippen molar-refractivity contribution >= 4 is 40.4 Å². The van der Waals surface area contributed by atoms with Crippen molar-refractivity contribution in [1.29, 1.82) is 0 Å². The van der Waals surface area contributed by atoms with Gasteiger partial charge in [0.25, 0.3) is 0 Å². The van der Waals surface area contributed by atoms with Crippen LogP contribution in [0.2, 0.25) is 0 Å². The lowest BCUT2D eigenvalue weighted by Crippen LogP contribution is -2.22. The van der Waals surface area contributed by atoms with E-state index in [1.54, 1.807) is 11.8 Å². The zero-order valence-electron chi connectivity index (χ0n) is 10.6. The monoisotopic (exact) mass is 298 g/mol. The Hall–Kier alpha value is -1.78. The van der Waals surface area contributed by atoms with Gasteiger partial charge < -0.3 is 10.4 Å². The van der Waals surface area contributed by atoms with Crippen molar-refractivity contribution < 1.29 is 5.11 Å². The molecule has 2 aromatic carbocycles. The lowest BCUT2D eigenvalue weighted by molar-refractivity contribution is -0.244. The van der Waals surface area contributed by atoms with Crippen LogP contribution in [0.1, 0.15) is 5.56 Å². The second-order valence-electron chi connectivity index (χ2n) is 4.41. The molecule has 0 fully saturated rings. The van der Waals surface area contributed by atoms with Crippen LogP contribution in [-0.4, -0.2) is 10.7 Å². The Labute approximate surface area is 127 Å². The molecule has 3 rings (SSSR count). The molecule has 0 aliphatic carbocycles. The van der Waals surface area contributed by atoms with Gasteiger partial charge in [-0.2, -0.15) is 0 Å². The maximum absolute atomic E-state index is 12.5. The first-order chi connectivity index (χ1) is 9.75. The second kappa shape index (κ2) is 5.69.